The molecule has 0 saturated heterocycles. The molecule has 0 heterocycles. The van der Waals surface area contributed by atoms with Crippen LogP contribution in [0.3, 0.4) is 0 Å². The molecular weight excluding hydrogens is 228 g/mol. The summed E-state index contributed by atoms with van der Waals surface area (Å²) in [5.74, 6) is 0.335. The van der Waals surface area contributed by atoms with Crippen molar-refractivity contribution in [2.24, 2.45) is 5.92 Å². The first-order chi connectivity index (χ1) is 8.63. The molecule has 3 N–H and O–H groups in total. The standard InChI is InChI=1S/C14H22N2O2/c1-11(7-8-17)9-15-10-14(18)16-13-6-4-3-5-12(13)2/h3-6,11,15,17H,7-10H2,1-2H3,(H,16,18). The van der Waals surface area contributed by atoms with Crippen LogP contribution in [0.5, 0.6) is 0 Å². The maximum absolute atomic E-state index is 11.7. The van der Waals surface area contributed by atoms with Crippen molar-refractivity contribution >= 4 is 11.6 Å². The maximum Gasteiger partial charge on any atom is 0.238 e. The third-order valence-electron chi connectivity index (χ3n) is 2.82. The van der Waals surface area contributed by atoms with E-state index >= 15 is 0 Å². The third-order valence-corrected chi connectivity index (χ3v) is 2.82. The van der Waals surface area contributed by atoms with E-state index in [4.69, 9.17) is 5.11 Å². The molecule has 1 aromatic carbocycles. The highest BCUT2D eigenvalue weighted by atomic mass is 16.3. The van der Waals surface area contributed by atoms with Gasteiger partial charge >= 0.3 is 0 Å². The Kier molecular flexibility index (Phi) is 6.39. The van der Waals surface area contributed by atoms with Crippen LogP contribution in [-0.4, -0.2) is 30.7 Å². The monoisotopic (exact) mass is 250 g/mol. The number of carbonyl (C=O) groups excluding carboxylic acids is 1. The van der Waals surface area contributed by atoms with Crippen LogP contribution < -0.4 is 10.6 Å². The van der Waals surface area contributed by atoms with E-state index in [1.165, 1.54) is 0 Å². The number of rotatable bonds is 7. The van der Waals surface area contributed by atoms with Crippen molar-refractivity contribution < 1.29 is 9.90 Å². The molecule has 1 amide bonds. The molecule has 0 spiro atoms. The summed E-state index contributed by atoms with van der Waals surface area (Å²) in [4.78, 5) is 11.7. The minimum absolute atomic E-state index is 0.0412. The highest BCUT2D eigenvalue weighted by Crippen LogP contribution is 2.12. The second kappa shape index (κ2) is 7.84. The number of anilines is 1. The molecule has 18 heavy (non-hydrogen) atoms. The molecular formula is C14H22N2O2. The zero-order valence-electron chi connectivity index (χ0n) is 11.1. The van der Waals surface area contributed by atoms with Crippen molar-refractivity contribution in [2.75, 3.05) is 25.0 Å². The number of aryl methyl sites for hydroxylation is 1. The average molecular weight is 250 g/mol. The van der Waals surface area contributed by atoms with Gasteiger partial charge in [-0.15, -0.1) is 0 Å². The molecule has 1 atom stereocenters. The Balaban J connectivity index is 2.28. The summed E-state index contributed by atoms with van der Waals surface area (Å²) in [5, 5.41) is 14.7. The third kappa shape index (κ3) is 5.29. The van der Waals surface area contributed by atoms with Gasteiger partial charge < -0.3 is 15.7 Å². The molecule has 0 radical (unpaired) electrons. The molecule has 1 rings (SSSR count). The van der Waals surface area contributed by atoms with Crippen LogP contribution in [0.2, 0.25) is 0 Å². The zero-order valence-corrected chi connectivity index (χ0v) is 11.1. The Morgan fingerprint density at radius 1 is 1.39 bits per heavy atom. The second-order valence-corrected chi connectivity index (χ2v) is 4.61. The van der Waals surface area contributed by atoms with Gasteiger partial charge in [0, 0.05) is 12.3 Å². The number of aliphatic hydroxyl groups excluding tert-OH is 1. The molecule has 0 bridgehead atoms. The zero-order chi connectivity index (χ0) is 13.4. The van der Waals surface area contributed by atoms with Crippen LogP contribution in [0, 0.1) is 12.8 Å². The van der Waals surface area contributed by atoms with Gasteiger partial charge in [-0.3, -0.25) is 4.79 Å². The van der Waals surface area contributed by atoms with Gasteiger partial charge in [0.1, 0.15) is 0 Å². The topological polar surface area (TPSA) is 61.4 Å². The van der Waals surface area contributed by atoms with E-state index < -0.39 is 0 Å². The number of hydrogen-bond donors (Lipinski definition) is 3. The van der Waals surface area contributed by atoms with Gasteiger partial charge in [-0.2, -0.15) is 0 Å². The van der Waals surface area contributed by atoms with Crippen LogP contribution in [-0.2, 0) is 4.79 Å². The molecule has 1 aromatic rings. The molecule has 0 aliphatic rings. The summed E-state index contributed by atoms with van der Waals surface area (Å²) in [5.41, 5.74) is 1.91. The minimum Gasteiger partial charge on any atom is -0.396 e. The Labute approximate surface area is 108 Å². The SMILES string of the molecule is Cc1ccccc1NC(=O)CNCC(C)CCO. The lowest BCUT2D eigenvalue weighted by molar-refractivity contribution is -0.115. The largest absolute Gasteiger partial charge is 0.396 e. The van der Waals surface area contributed by atoms with Gasteiger partial charge in [0.25, 0.3) is 0 Å². The van der Waals surface area contributed by atoms with Crippen LogP contribution in [0.1, 0.15) is 18.9 Å². The molecule has 0 aromatic heterocycles. The van der Waals surface area contributed by atoms with E-state index in [2.05, 4.69) is 10.6 Å². The van der Waals surface area contributed by atoms with E-state index in [0.717, 1.165) is 24.2 Å². The lowest BCUT2D eigenvalue weighted by atomic mass is 10.1. The summed E-state index contributed by atoms with van der Waals surface area (Å²) in [6, 6.07) is 7.70. The Hall–Kier alpha value is -1.39. The quantitative estimate of drug-likeness (QED) is 0.688. The first-order valence-electron chi connectivity index (χ1n) is 6.30. The van der Waals surface area contributed by atoms with Gasteiger partial charge in [-0.25, -0.2) is 0 Å². The first-order valence-corrected chi connectivity index (χ1v) is 6.30. The number of benzene rings is 1. The molecule has 1 unspecified atom stereocenters. The number of amides is 1. The van der Waals surface area contributed by atoms with Gasteiger partial charge in [0.2, 0.25) is 5.91 Å². The highest BCUT2D eigenvalue weighted by molar-refractivity contribution is 5.92. The first kappa shape index (κ1) is 14.7. The molecule has 0 saturated carbocycles. The van der Waals surface area contributed by atoms with Gasteiger partial charge in [-0.1, -0.05) is 25.1 Å². The lowest BCUT2D eigenvalue weighted by Crippen LogP contribution is -2.31. The van der Waals surface area contributed by atoms with Crippen molar-refractivity contribution in [3.05, 3.63) is 29.8 Å². The van der Waals surface area contributed by atoms with E-state index in [9.17, 15) is 4.79 Å². The minimum atomic E-state index is -0.0412. The van der Waals surface area contributed by atoms with Crippen LogP contribution in [0.25, 0.3) is 0 Å². The van der Waals surface area contributed by atoms with Crippen molar-refractivity contribution in [3.63, 3.8) is 0 Å². The Morgan fingerprint density at radius 3 is 2.78 bits per heavy atom. The molecule has 0 aliphatic carbocycles. The highest BCUT2D eigenvalue weighted by Gasteiger charge is 2.05. The van der Waals surface area contributed by atoms with Crippen molar-refractivity contribution in [3.8, 4) is 0 Å². The predicted octanol–water partition coefficient (Wildman–Crippen LogP) is 1.54. The molecule has 4 nitrogen and oxygen atoms in total. The fourth-order valence-corrected chi connectivity index (χ4v) is 1.66. The summed E-state index contributed by atoms with van der Waals surface area (Å²) >= 11 is 0. The van der Waals surface area contributed by atoms with Crippen LogP contribution >= 0.6 is 0 Å². The normalized spacial score (nSPS) is 12.2. The molecule has 0 fully saturated rings. The van der Waals surface area contributed by atoms with Crippen molar-refractivity contribution in [2.45, 2.75) is 20.3 Å². The van der Waals surface area contributed by atoms with Crippen LogP contribution in [0.15, 0.2) is 24.3 Å². The van der Waals surface area contributed by atoms with Crippen molar-refractivity contribution in [1.29, 1.82) is 0 Å². The second-order valence-electron chi connectivity index (χ2n) is 4.61. The van der Waals surface area contributed by atoms with E-state index in [1.54, 1.807) is 0 Å². The molecule has 100 valence electrons. The summed E-state index contributed by atoms with van der Waals surface area (Å²) < 4.78 is 0. The fourth-order valence-electron chi connectivity index (χ4n) is 1.66. The smallest absolute Gasteiger partial charge is 0.238 e. The molecule has 4 heteroatoms. The average Bonchev–Trinajstić information content (AvgIpc) is 2.32. The molecule has 0 aliphatic heterocycles. The summed E-state index contributed by atoms with van der Waals surface area (Å²) in [7, 11) is 0. The Morgan fingerprint density at radius 2 is 2.11 bits per heavy atom. The van der Waals surface area contributed by atoms with E-state index in [0.29, 0.717) is 12.5 Å². The summed E-state index contributed by atoms with van der Waals surface area (Å²) in [6.45, 7) is 5.24. The van der Waals surface area contributed by atoms with Crippen molar-refractivity contribution in [1.82, 2.24) is 5.32 Å². The van der Waals surface area contributed by atoms with E-state index in [-0.39, 0.29) is 12.5 Å². The number of nitrogens with one attached hydrogen (secondary N) is 2. The maximum atomic E-state index is 11.7. The predicted molar refractivity (Wildman–Crippen MR) is 73.5 cm³/mol. The number of carbonyl (C=O) groups is 1. The Bertz CT molecular complexity index is 380. The van der Waals surface area contributed by atoms with E-state index in [1.807, 2.05) is 38.1 Å². The van der Waals surface area contributed by atoms with Crippen LogP contribution in [0.4, 0.5) is 5.69 Å². The fraction of sp³-hybridized carbons (Fsp3) is 0.500. The lowest BCUT2D eigenvalue weighted by Gasteiger charge is -2.12. The van der Waals surface area contributed by atoms with Gasteiger partial charge in [-0.05, 0) is 37.4 Å². The van der Waals surface area contributed by atoms with Gasteiger partial charge in [0.05, 0.1) is 6.54 Å². The number of para-hydroxylation sites is 1. The number of hydrogen-bond acceptors (Lipinski definition) is 3. The van der Waals surface area contributed by atoms with Gasteiger partial charge in [0.15, 0.2) is 0 Å². The number of aliphatic hydroxyl groups is 1. The summed E-state index contributed by atoms with van der Waals surface area (Å²) in [6.07, 6.45) is 0.756.